The van der Waals surface area contributed by atoms with E-state index in [1.807, 2.05) is 30.3 Å². The van der Waals surface area contributed by atoms with Crippen LogP contribution in [0.15, 0.2) is 30.3 Å². The lowest BCUT2D eigenvalue weighted by Crippen LogP contribution is -2.13. The molecule has 0 unspecified atom stereocenters. The van der Waals surface area contributed by atoms with Crippen LogP contribution < -0.4 is 0 Å². The molecular formula is C11H14O3. The Bertz CT molecular complexity index is 282. The third-order valence-corrected chi connectivity index (χ3v) is 2.02. The number of carboxylic acid groups (broad SMARTS) is 1. The number of aryl methyl sites for hydroxylation is 1. The summed E-state index contributed by atoms with van der Waals surface area (Å²) < 4.78 is 0. The van der Waals surface area contributed by atoms with Crippen molar-refractivity contribution in [2.75, 3.05) is 0 Å². The van der Waals surface area contributed by atoms with Gasteiger partial charge in [0.15, 0.2) is 0 Å². The molecule has 0 aliphatic carbocycles. The van der Waals surface area contributed by atoms with E-state index >= 15 is 0 Å². The number of aliphatic carboxylic acids is 1. The molecule has 2 N–H and O–H groups in total. The van der Waals surface area contributed by atoms with Gasteiger partial charge in [-0.15, -0.1) is 0 Å². The third-order valence-electron chi connectivity index (χ3n) is 2.02. The zero-order chi connectivity index (χ0) is 10.4. The van der Waals surface area contributed by atoms with Crippen molar-refractivity contribution in [2.24, 2.45) is 0 Å². The summed E-state index contributed by atoms with van der Waals surface area (Å²) in [5, 5.41) is 17.7. The fourth-order valence-electron chi connectivity index (χ4n) is 1.28. The maximum absolute atomic E-state index is 10.3. The Balaban J connectivity index is 2.30. The predicted octanol–water partition coefficient (Wildman–Crippen LogP) is 1.45. The molecule has 1 aromatic rings. The van der Waals surface area contributed by atoms with Gasteiger partial charge in [0.05, 0.1) is 12.5 Å². The minimum absolute atomic E-state index is 0.174. The van der Waals surface area contributed by atoms with Crippen molar-refractivity contribution in [3.05, 3.63) is 35.9 Å². The van der Waals surface area contributed by atoms with Crippen molar-refractivity contribution in [3.8, 4) is 0 Å². The van der Waals surface area contributed by atoms with Crippen molar-refractivity contribution in [2.45, 2.75) is 25.4 Å². The zero-order valence-electron chi connectivity index (χ0n) is 7.89. The van der Waals surface area contributed by atoms with Gasteiger partial charge in [-0.2, -0.15) is 0 Å². The van der Waals surface area contributed by atoms with Crippen LogP contribution in [0.5, 0.6) is 0 Å². The maximum atomic E-state index is 10.3. The molecule has 14 heavy (non-hydrogen) atoms. The van der Waals surface area contributed by atoms with Crippen LogP contribution in [-0.4, -0.2) is 22.3 Å². The molecular weight excluding hydrogens is 180 g/mol. The lowest BCUT2D eigenvalue weighted by Gasteiger charge is -2.07. The number of hydrogen-bond acceptors (Lipinski definition) is 2. The van der Waals surface area contributed by atoms with Crippen LogP contribution in [-0.2, 0) is 11.2 Å². The summed E-state index contributed by atoms with van der Waals surface area (Å²) in [6.07, 6.45) is 0.297. The van der Waals surface area contributed by atoms with E-state index in [0.29, 0.717) is 6.42 Å². The molecule has 0 heterocycles. The highest BCUT2D eigenvalue weighted by molar-refractivity contribution is 5.67. The summed E-state index contributed by atoms with van der Waals surface area (Å²) in [5.41, 5.74) is 1.12. The minimum atomic E-state index is -0.953. The molecule has 3 nitrogen and oxygen atoms in total. The molecule has 0 aromatic heterocycles. The Hall–Kier alpha value is -1.35. The third kappa shape index (κ3) is 4.05. The topological polar surface area (TPSA) is 57.5 Å². The number of rotatable bonds is 5. The SMILES string of the molecule is O=C(O)C[C@@H](O)CCc1ccccc1. The summed E-state index contributed by atoms with van der Waals surface area (Å²) in [5.74, 6) is -0.953. The first-order valence-electron chi connectivity index (χ1n) is 4.62. The van der Waals surface area contributed by atoms with E-state index in [0.717, 1.165) is 12.0 Å². The minimum Gasteiger partial charge on any atom is -0.481 e. The van der Waals surface area contributed by atoms with Crippen molar-refractivity contribution < 1.29 is 15.0 Å². The molecule has 1 atom stereocenters. The van der Waals surface area contributed by atoms with E-state index in [9.17, 15) is 9.90 Å². The van der Waals surface area contributed by atoms with Crippen LogP contribution in [0.4, 0.5) is 0 Å². The number of aliphatic hydroxyl groups is 1. The van der Waals surface area contributed by atoms with Crippen molar-refractivity contribution in [3.63, 3.8) is 0 Å². The van der Waals surface area contributed by atoms with Gasteiger partial charge < -0.3 is 10.2 Å². The van der Waals surface area contributed by atoms with E-state index < -0.39 is 12.1 Å². The van der Waals surface area contributed by atoms with Crippen LogP contribution in [0.2, 0.25) is 0 Å². The van der Waals surface area contributed by atoms with Crippen LogP contribution >= 0.6 is 0 Å². The van der Waals surface area contributed by atoms with Gasteiger partial charge in [-0.3, -0.25) is 4.79 Å². The fourth-order valence-corrected chi connectivity index (χ4v) is 1.28. The highest BCUT2D eigenvalue weighted by atomic mass is 16.4. The summed E-state index contributed by atoms with van der Waals surface area (Å²) >= 11 is 0. The predicted molar refractivity (Wildman–Crippen MR) is 53.0 cm³/mol. The van der Waals surface area contributed by atoms with Gasteiger partial charge in [-0.1, -0.05) is 30.3 Å². The van der Waals surface area contributed by atoms with Gasteiger partial charge in [0.2, 0.25) is 0 Å². The Morgan fingerprint density at radius 1 is 1.29 bits per heavy atom. The van der Waals surface area contributed by atoms with E-state index in [2.05, 4.69) is 0 Å². The van der Waals surface area contributed by atoms with Crippen molar-refractivity contribution in [1.29, 1.82) is 0 Å². The molecule has 0 radical (unpaired) electrons. The fraction of sp³-hybridized carbons (Fsp3) is 0.364. The lowest BCUT2D eigenvalue weighted by atomic mass is 10.1. The number of carboxylic acids is 1. The molecule has 3 heteroatoms. The van der Waals surface area contributed by atoms with Gasteiger partial charge in [0.1, 0.15) is 0 Å². The normalized spacial score (nSPS) is 12.4. The first-order chi connectivity index (χ1) is 6.68. The second kappa shape index (κ2) is 5.40. The van der Waals surface area contributed by atoms with Gasteiger partial charge in [0, 0.05) is 0 Å². The molecule has 1 rings (SSSR count). The standard InChI is InChI=1S/C11H14O3/c12-10(8-11(13)14)7-6-9-4-2-1-3-5-9/h1-5,10,12H,6-8H2,(H,13,14)/t10-/m0/s1. The van der Waals surface area contributed by atoms with E-state index in [1.54, 1.807) is 0 Å². The van der Waals surface area contributed by atoms with E-state index in [-0.39, 0.29) is 6.42 Å². The smallest absolute Gasteiger partial charge is 0.305 e. The highest BCUT2D eigenvalue weighted by Gasteiger charge is 2.08. The molecule has 0 saturated carbocycles. The van der Waals surface area contributed by atoms with Crippen LogP contribution in [0.3, 0.4) is 0 Å². The number of hydrogen-bond donors (Lipinski definition) is 2. The summed E-state index contributed by atoms with van der Waals surface area (Å²) in [7, 11) is 0. The molecule has 0 bridgehead atoms. The Morgan fingerprint density at radius 2 is 1.93 bits per heavy atom. The second-order valence-electron chi connectivity index (χ2n) is 3.28. The number of benzene rings is 1. The van der Waals surface area contributed by atoms with Crippen LogP contribution in [0.1, 0.15) is 18.4 Å². The lowest BCUT2D eigenvalue weighted by molar-refractivity contribution is -0.139. The average Bonchev–Trinajstić information content (AvgIpc) is 2.15. The van der Waals surface area contributed by atoms with Crippen molar-refractivity contribution >= 4 is 5.97 Å². The van der Waals surface area contributed by atoms with Crippen LogP contribution in [0.25, 0.3) is 0 Å². The van der Waals surface area contributed by atoms with Crippen molar-refractivity contribution in [1.82, 2.24) is 0 Å². The monoisotopic (exact) mass is 194 g/mol. The zero-order valence-corrected chi connectivity index (χ0v) is 7.89. The van der Waals surface area contributed by atoms with Gasteiger partial charge >= 0.3 is 5.97 Å². The quantitative estimate of drug-likeness (QED) is 0.746. The summed E-state index contributed by atoms with van der Waals surface area (Å²) in [4.78, 5) is 10.3. The summed E-state index contributed by atoms with van der Waals surface area (Å²) in [6, 6.07) is 9.72. The Kier molecular flexibility index (Phi) is 4.13. The first-order valence-corrected chi connectivity index (χ1v) is 4.62. The molecule has 0 aliphatic heterocycles. The van der Waals surface area contributed by atoms with Crippen LogP contribution in [0, 0.1) is 0 Å². The van der Waals surface area contributed by atoms with E-state index in [1.165, 1.54) is 0 Å². The molecule has 0 saturated heterocycles. The molecule has 0 spiro atoms. The van der Waals surface area contributed by atoms with Gasteiger partial charge in [0.25, 0.3) is 0 Å². The maximum Gasteiger partial charge on any atom is 0.305 e. The Morgan fingerprint density at radius 3 is 2.50 bits per heavy atom. The summed E-state index contributed by atoms with van der Waals surface area (Å²) in [6.45, 7) is 0. The highest BCUT2D eigenvalue weighted by Crippen LogP contribution is 2.06. The molecule has 1 aromatic carbocycles. The van der Waals surface area contributed by atoms with Gasteiger partial charge in [-0.05, 0) is 18.4 Å². The Labute approximate surface area is 83.0 Å². The molecule has 0 aliphatic rings. The average molecular weight is 194 g/mol. The largest absolute Gasteiger partial charge is 0.481 e. The molecule has 76 valence electrons. The van der Waals surface area contributed by atoms with Gasteiger partial charge in [-0.25, -0.2) is 0 Å². The molecule has 0 fully saturated rings. The molecule has 0 amide bonds. The second-order valence-corrected chi connectivity index (χ2v) is 3.28. The first kappa shape index (κ1) is 10.7. The van der Waals surface area contributed by atoms with E-state index in [4.69, 9.17) is 5.11 Å². The number of aliphatic hydroxyl groups excluding tert-OH is 1. The number of carbonyl (C=O) groups is 1.